The Morgan fingerprint density at radius 1 is 1.14 bits per heavy atom. The molecule has 1 aliphatic heterocycles. The number of amides is 1. The van der Waals surface area contributed by atoms with Gasteiger partial charge in [0.15, 0.2) is 0 Å². The van der Waals surface area contributed by atoms with Gasteiger partial charge in [-0.3, -0.25) is 9.69 Å². The van der Waals surface area contributed by atoms with Crippen molar-refractivity contribution < 1.29 is 9.53 Å². The largest absolute Gasteiger partial charge is 0.495 e. The molecule has 0 radical (unpaired) electrons. The number of carbonyl (C=O) groups is 1. The van der Waals surface area contributed by atoms with E-state index >= 15 is 0 Å². The number of nitrogens with zero attached hydrogens (tertiary/aromatic N) is 3. The molecule has 0 aliphatic carbocycles. The highest BCUT2D eigenvalue weighted by molar-refractivity contribution is 6.12. The number of hydrogen-bond acceptors (Lipinski definition) is 4. The Morgan fingerprint density at radius 3 is 2.57 bits per heavy atom. The van der Waals surface area contributed by atoms with E-state index in [0.717, 1.165) is 16.9 Å². The third-order valence-electron chi connectivity index (χ3n) is 5.26. The quantitative estimate of drug-likeness (QED) is 0.755. The van der Waals surface area contributed by atoms with Crippen LogP contribution >= 0.6 is 0 Å². The number of para-hydroxylation sites is 3. The smallest absolute Gasteiger partial charge is 0.262 e. The fourth-order valence-corrected chi connectivity index (χ4v) is 3.66. The Kier molecular flexibility index (Phi) is 4.28. The highest BCUT2D eigenvalue weighted by Crippen LogP contribution is 2.41. The first-order valence-electron chi connectivity index (χ1n) is 8.95. The maximum atomic E-state index is 13.5. The predicted octanol–water partition coefficient (Wildman–Crippen LogP) is 3.98. The Morgan fingerprint density at radius 2 is 1.86 bits per heavy atom. The maximum Gasteiger partial charge on any atom is 0.262 e. The van der Waals surface area contributed by atoms with Gasteiger partial charge in [-0.2, -0.15) is 5.26 Å². The van der Waals surface area contributed by atoms with Gasteiger partial charge in [-0.05, 0) is 37.3 Å². The molecule has 2 aromatic carbocycles. The molecule has 6 heteroatoms. The number of benzene rings is 2. The molecule has 0 unspecified atom stereocenters. The Bertz CT molecular complexity index is 1110. The molecule has 4 rings (SSSR count). The summed E-state index contributed by atoms with van der Waals surface area (Å²) >= 11 is 0. The van der Waals surface area contributed by atoms with Gasteiger partial charge in [-0.25, -0.2) is 0 Å². The van der Waals surface area contributed by atoms with Crippen LogP contribution in [0.5, 0.6) is 5.75 Å². The molecule has 2 heterocycles. The van der Waals surface area contributed by atoms with E-state index in [-0.39, 0.29) is 5.91 Å². The SMILES string of the molecule is COc1ccccc1N1C(=O)c2ccccc2N[C@H]1c1cc(C#N)n(C)c1C. The molecule has 0 spiro atoms. The number of fused-ring (bicyclic) bond motifs is 1. The number of ether oxygens (including phenoxy) is 1. The highest BCUT2D eigenvalue weighted by Gasteiger charge is 2.37. The van der Waals surface area contributed by atoms with Gasteiger partial charge in [0, 0.05) is 24.0 Å². The van der Waals surface area contributed by atoms with Crippen LogP contribution in [0.15, 0.2) is 54.6 Å². The van der Waals surface area contributed by atoms with Gasteiger partial charge in [-0.15, -0.1) is 0 Å². The van der Waals surface area contributed by atoms with Crippen molar-refractivity contribution >= 4 is 17.3 Å². The summed E-state index contributed by atoms with van der Waals surface area (Å²) in [6.07, 6.45) is -0.466. The summed E-state index contributed by atoms with van der Waals surface area (Å²) in [6, 6.07) is 18.9. The van der Waals surface area contributed by atoms with E-state index in [1.54, 1.807) is 12.0 Å². The van der Waals surface area contributed by atoms with Crippen LogP contribution < -0.4 is 15.0 Å². The zero-order valence-electron chi connectivity index (χ0n) is 15.9. The van der Waals surface area contributed by atoms with Crippen molar-refractivity contribution in [1.82, 2.24) is 4.57 Å². The van der Waals surface area contributed by atoms with E-state index in [1.165, 1.54) is 0 Å². The van der Waals surface area contributed by atoms with Gasteiger partial charge in [0.25, 0.3) is 5.91 Å². The molecule has 0 bridgehead atoms. The highest BCUT2D eigenvalue weighted by atomic mass is 16.5. The third kappa shape index (κ3) is 2.60. The van der Waals surface area contributed by atoms with Crippen LogP contribution in [-0.2, 0) is 7.05 Å². The number of nitrogens with one attached hydrogen (secondary N) is 1. The van der Waals surface area contributed by atoms with Crippen LogP contribution in [0, 0.1) is 18.3 Å². The zero-order valence-corrected chi connectivity index (χ0v) is 15.9. The molecule has 1 atom stereocenters. The van der Waals surface area contributed by atoms with Crippen molar-refractivity contribution in [1.29, 1.82) is 5.26 Å². The lowest BCUT2D eigenvalue weighted by atomic mass is 10.0. The molecule has 1 aliphatic rings. The van der Waals surface area contributed by atoms with Crippen LogP contribution in [0.2, 0.25) is 0 Å². The second kappa shape index (κ2) is 6.78. The standard InChI is InChI=1S/C22H20N4O2/c1-14-17(12-15(13-23)25(14)2)21-24-18-9-5-4-8-16(18)22(27)26(21)19-10-6-7-11-20(19)28-3/h4-12,21,24H,1-3H3/t21-/m1/s1. The van der Waals surface area contributed by atoms with Crippen molar-refractivity contribution in [3.05, 3.63) is 77.1 Å². The van der Waals surface area contributed by atoms with E-state index in [4.69, 9.17) is 4.74 Å². The molecule has 28 heavy (non-hydrogen) atoms. The van der Waals surface area contributed by atoms with E-state index in [1.807, 2.05) is 73.1 Å². The average molecular weight is 372 g/mol. The molecule has 1 N–H and O–H groups in total. The van der Waals surface area contributed by atoms with Gasteiger partial charge in [0.1, 0.15) is 23.7 Å². The Labute approximate surface area is 163 Å². The van der Waals surface area contributed by atoms with Crippen LogP contribution in [-0.4, -0.2) is 17.6 Å². The molecular formula is C22H20N4O2. The van der Waals surface area contributed by atoms with Crippen molar-refractivity contribution in [2.75, 3.05) is 17.3 Å². The maximum absolute atomic E-state index is 13.5. The van der Waals surface area contributed by atoms with Gasteiger partial charge in [0.05, 0.1) is 18.4 Å². The number of hydrogen-bond donors (Lipinski definition) is 1. The molecule has 1 aromatic heterocycles. The Hall–Kier alpha value is -3.72. The normalized spacial score (nSPS) is 15.6. The third-order valence-corrected chi connectivity index (χ3v) is 5.26. The van der Waals surface area contributed by atoms with Crippen LogP contribution in [0.3, 0.4) is 0 Å². The summed E-state index contributed by atoms with van der Waals surface area (Å²) in [7, 11) is 3.44. The number of rotatable bonds is 3. The minimum Gasteiger partial charge on any atom is -0.495 e. The predicted molar refractivity (Wildman–Crippen MR) is 107 cm³/mol. The minimum absolute atomic E-state index is 0.120. The number of aromatic nitrogens is 1. The zero-order chi connectivity index (χ0) is 19.8. The Balaban J connectivity index is 1.94. The summed E-state index contributed by atoms with van der Waals surface area (Å²) in [6.45, 7) is 1.95. The molecule has 1 amide bonds. The van der Waals surface area contributed by atoms with Gasteiger partial charge < -0.3 is 14.6 Å². The molecule has 0 saturated heterocycles. The van der Waals surface area contributed by atoms with Crippen molar-refractivity contribution in [2.45, 2.75) is 13.1 Å². The first-order valence-corrected chi connectivity index (χ1v) is 8.95. The first kappa shape index (κ1) is 17.7. The summed E-state index contributed by atoms with van der Waals surface area (Å²) in [4.78, 5) is 15.2. The van der Waals surface area contributed by atoms with E-state index in [9.17, 15) is 10.1 Å². The van der Waals surface area contributed by atoms with Crippen molar-refractivity contribution in [3.8, 4) is 11.8 Å². The second-order valence-corrected chi connectivity index (χ2v) is 6.68. The van der Waals surface area contributed by atoms with Crippen LogP contribution in [0.4, 0.5) is 11.4 Å². The number of anilines is 2. The molecule has 0 saturated carbocycles. The lowest BCUT2D eigenvalue weighted by Crippen LogP contribution is -2.43. The minimum atomic E-state index is -0.466. The van der Waals surface area contributed by atoms with Crippen LogP contribution in [0.25, 0.3) is 0 Å². The fourth-order valence-electron chi connectivity index (χ4n) is 3.66. The average Bonchev–Trinajstić information content (AvgIpc) is 3.02. The summed E-state index contributed by atoms with van der Waals surface area (Å²) in [5, 5.41) is 12.9. The number of methoxy groups -OCH3 is 1. The molecular weight excluding hydrogens is 352 g/mol. The molecule has 140 valence electrons. The van der Waals surface area contributed by atoms with E-state index in [2.05, 4.69) is 11.4 Å². The van der Waals surface area contributed by atoms with Gasteiger partial charge in [0.2, 0.25) is 0 Å². The van der Waals surface area contributed by atoms with Gasteiger partial charge >= 0.3 is 0 Å². The van der Waals surface area contributed by atoms with Crippen LogP contribution in [0.1, 0.15) is 33.5 Å². The van der Waals surface area contributed by atoms with E-state index in [0.29, 0.717) is 22.7 Å². The lowest BCUT2D eigenvalue weighted by molar-refractivity contribution is 0.0974. The fraction of sp³-hybridized carbons (Fsp3) is 0.182. The molecule has 6 nitrogen and oxygen atoms in total. The van der Waals surface area contributed by atoms with E-state index < -0.39 is 6.17 Å². The van der Waals surface area contributed by atoms with Crippen molar-refractivity contribution in [2.24, 2.45) is 7.05 Å². The lowest BCUT2D eigenvalue weighted by Gasteiger charge is -2.38. The summed E-state index contributed by atoms with van der Waals surface area (Å²) in [5.74, 6) is 0.488. The summed E-state index contributed by atoms with van der Waals surface area (Å²) < 4.78 is 7.36. The van der Waals surface area contributed by atoms with Crippen molar-refractivity contribution in [3.63, 3.8) is 0 Å². The number of carbonyl (C=O) groups excluding carboxylic acids is 1. The first-order chi connectivity index (χ1) is 13.6. The summed E-state index contributed by atoms with van der Waals surface area (Å²) in [5.41, 5.74) is 4.36. The topological polar surface area (TPSA) is 70.3 Å². The van der Waals surface area contributed by atoms with Gasteiger partial charge in [-0.1, -0.05) is 24.3 Å². The second-order valence-electron chi connectivity index (χ2n) is 6.68. The molecule has 0 fully saturated rings. The monoisotopic (exact) mass is 372 g/mol. The molecule has 3 aromatic rings. The number of nitriles is 1.